The summed E-state index contributed by atoms with van der Waals surface area (Å²) in [5, 5.41) is 20.1. The van der Waals surface area contributed by atoms with Crippen LogP contribution in [0.5, 0.6) is 0 Å². The zero-order valence-corrected chi connectivity index (χ0v) is 20.3. The number of carboxylic acids is 1. The van der Waals surface area contributed by atoms with Gasteiger partial charge in [-0.1, -0.05) is 69.1 Å². The maximum absolute atomic E-state index is 12.7. The molecule has 0 saturated carbocycles. The molecule has 3 N–H and O–H groups in total. The molecule has 3 aromatic rings. The van der Waals surface area contributed by atoms with Crippen molar-refractivity contribution < 1.29 is 14.7 Å². The predicted molar refractivity (Wildman–Crippen MR) is 132 cm³/mol. The number of nitrogens with one attached hydrogen (secondary N) is 2. The summed E-state index contributed by atoms with van der Waals surface area (Å²) in [7, 11) is 0. The number of urea groups is 1. The van der Waals surface area contributed by atoms with Crippen molar-refractivity contribution in [2.24, 2.45) is 5.92 Å². The van der Waals surface area contributed by atoms with Gasteiger partial charge in [0.25, 0.3) is 0 Å². The van der Waals surface area contributed by atoms with Gasteiger partial charge in [-0.15, -0.1) is 0 Å². The summed E-state index contributed by atoms with van der Waals surface area (Å²) in [6.07, 6.45) is 0.382. The van der Waals surface area contributed by atoms with Crippen LogP contribution in [0, 0.1) is 5.92 Å². The number of nitrogens with zero attached hydrogens (tertiary/aromatic N) is 2. The summed E-state index contributed by atoms with van der Waals surface area (Å²) >= 11 is 12.2. The Bertz CT molecular complexity index is 1180. The van der Waals surface area contributed by atoms with Gasteiger partial charge in [0, 0.05) is 11.5 Å². The Morgan fingerprint density at radius 2 is 1.79 bits per heavy atom. The average Bonchev–Trinajstić information content (AvgIpc) is 3.15. The normalized spacial score (nSPS) is 12.3. The first-order valence-electron chi connectivity index (χ1n) is 10.4. The molecule has 0 saturated heterocycles. The molecule has 1 unspecified atom stereocenters. The van der Waals surface area contributed by atoms with Gasteiger partial charge in [-0.3, -0.25) is 10.1 Å². The molecule has 33 heavy (non-hydrogen) atoms. The fraction of sp³-hybridized carbons (Fsp3) is 0.292. The molecule has 3 rings (SSSR count). The zero-order valence-electron chi connectivity index (χ0n) is 18.8. The van der Waals surface area contributed by atoms with Crippen molar-refractivity contribution >= 4 is 46.7 Å². The Labute approximate surface area is 202 Å². The number of carboxylic acid groups (broad SMARTS) is 1. The van der Waals surface area contributed by atoms with Crippen LogP contribution in [0.1, 0.15) is 39.0 Å². The van der Waals surface area contributed by atoms with Crippen molar-refractivity contribution in [2.45, 2.75) is 39.5 Å². The first kappa shape index (κ1) is 24.6. The summed E-state index contributed by atoms with van der Waals surface area (Å²) in [6.45, 7) is 7.75. The van der Waals surface area contributed by atoms with Crippen molar-refractivity contribution in [2.75, 3.05) is 10.6 Å². The van der Waals surface area contributed by atoms with Gasteiger partial charge in [0.05, 0.1) is 33.0 Å². The Morgan fingerprint density at radius 1 is 1.09 bits per heavy atom. The zero-order chi connectivity index (χ0) is 24.3. The van der Waals surface area contributed by atoms with Crippen molar-refractivity contribution in [1.29, 1.82) is 0 Å². The summed E-state index contributed by atoms with van der Waals surface area (Å²) in [4.78, 5) is 24.0. The van der Waals surface area contributed by atoms with Gasteiger partial charge >= 0.3 is 12.0 Å². The van der Waals surface area contributed by atoms with Crippen LogP contribution in [0.15, 0.2) is 48.5 Å². The number of benzene rings is 2. The third-order valence-corrected chi connectivity index (χ3v) is 5.86. The number of hydrogen-bond acceptors (Lipinski definition) is 3. The molecule has 0 aliphatic heterocycles. The first-order valence-corrected chi connectivity index (χ1v) is 11.2. The minimum absolute atomic E-state index is 0.249. The van der Waals surface area contributed by atoms with Crippen LogP contribution in [0.4, 0.5) is 16.3 Å². The number of amides is 2. The minimum Gasteiger partial charge on any atom is -0.481 e. The molecule has 1 heterocycles. The van der Waals surface area contributed by atoms with Crippen LogP contribution >= 0.6 is 23.2 Å². The molecule has 7 nitrogen and oxygen atoms in total. The number of rotatable bonds is 6. The van der Waals surface area contributed by atoms with Gasteiger partial charge in [0.15, 0.2) is 0 Å². The summed E-state index contributed by atoms with van der Waals surface area (Å²) in [5.74, 6) is -0.916. The van der Waals surface area contributed by atoms with E-state index < -0.39 is 17.9 Å². The van der Waals surface area contributed by atoms with Gasteiger partial charge in [-0.2, -0.15) is 5.10 Å². The van der Waals surface area contributed by atoms with E-state index in [-0.39, 0.29) is 10.4 Å². The minimum atomic E-state index is -0.854. The van der Waals surface area contributed by atoms with E-state index in [1.54, 1.807) is 29.8 Å². The van der Waals surface area contributed by atoms with Crippen LogP contribution in [-0.4, -0.2) is 26.9 Å². The van der Waals surface area contributed by atoms with Gasteiger partial charge < -0.3 is 10.4 Å². The topological polar surface area (TPSA) is 96.3 Å². The summed E-state index contributed by atoms with van der Waals surface area (Å²) in [6, 6.07) is 13.7. The van der Waals surface area contributed by atoms with Gasteiger partial charge in [-0.25, -0.2) is 9.48 Å². The van der Waals surface area contributed by atoms with Crippen LogP contribution in [0.2, 0.25) is 10.0 Å². The smallest absolute Gasteiger partial charge is 0.324 e. The molecule has 2 amide bonds. The lowest BCUT2D eigenvalue weighted by molar-refractivity contribution is -0.141. The lowest BCUT2D eigenvalue weighted by Gasteiger charge is -2.14. The molecule has 0 bridgehead atoms. The second-order valence-electron chi connectivity index (χ2n) is 8.87. The summed E-state index contributed by atoms with van der Waals surface area (Å²) in [5.41, 5.74) is 2.47. The maximum atomic E-state index is 12.7. The Morgan fingerprint density at radius 3 is 2.45 bits per heavy atom. The molecule has 0 spiro atoms. The van der Waals surface area contributed by atoms with Gasteiger partial charge in [0.1, 0.15) is 5.82 Å². The Hall–Kier alpha value is -3.03. The molecule has 0 aliphatic rings. The second-order valence-corrected chi connectivity index (χ2v) is 9.66. The fourth-order valence-corrected chi connectivity index (χ4v) is 3.51. The van der Waals surface area contributed by atoms with Crippen LogP contribution in [0.3, 0.4) is 0 Å². The number of aromatic nitrogens is 2. The van der Waals surface area contributed by atoms with Crippen LogP contribution in [-0.2, 0) is 16.6 Å². The molecular weight excluding hydrogens is 463 g/mol. The SMILES string of the molecule is CC(Cc1cccc(-n2nc(C(C)(C)C)cc2NC(=O)Nc2cccc(Cl)c2Cl)c1)C(=O)O. The van der Waals surface area contributed by atoms with Crippen molar-refractivity contribution in [3.05, 3.63) is 69.8 Å². The Kier molecular flexibility index (Phi) is 7.34. The van der Waals surface area contributed by atoms with E-state index in [2.05, 4.69) is 10.6 Å². The first-order chi connectivity index (χ1) is 15.5. The Balaban J connectivity index is 1.93. The highest BCUT2D eigenvalue weighted by Crippen LogP contribution is 2.30. The largest absolute Gasteiger partial charge is 0.481 e. The fourth-order valence-electron chi connectivity index (χ4n) is 3.16. The number of halogens is 2. The number of anilines is 2. The molecule has 1 aromatic heterocycles. The third kappa shape index (κ3) is 6.06. The van der Waals surface area contributed by atoms with E-state index >= 15 is 0 Å². The van der Waals surface area contributed by atoms with E-state index in [1.165, 1.54) is 0 Å². The highest BCUT2D eigenvalue weighted by Gasteiger charge is 2.22. The van der Waals surface area contributed by atoms with Crippen molar-refractivity contribution in [3.8, 4) is 5.69 Å². The highest BCUT2D eigenvalue weighted by molar-refractivity contribution is 6.44. The lowest BCUT2D eigenvalue weighted by atomic mass is 9.92. The quantitative estimate of drug-likeness (QED) is 0.374. The number of aliphatic carboxylic acids is 1. The lowest BCUT2D eigenvalue weighted by Crippen LogP contribution is -2.21. The number of hydrogen-bond donors (Lipinski definition) is 3. The second kappa shape index (κ2) is 9.85. The molecule has 0 aliphatic carbocycles. The number of carbonyl (C=O) groups is 2. The van der Waals surface area contributed by atoms with Crippen LogP contribution < -0.4 is 10.6 Å². The van der Waals surface area contributed by atoms with E-state index in [1.807, 2.05) is 51.1 Å². The molecule has 0 radical (unpaired) electrons. The molecule has 174 valence electrons. The van der Waals surface area contributed by atoms with E-state index in [0.717, 1.165) is 11.3 Å². The van der Waals surface area contributed by atoms with Crippen molar-refractivity contribution in [1.82, 2.24) is 9.78 Å². The maximum Gasteiger partial charge on any atom is 0.324 e. The molecular formula is C24H26Cl2N4O3. The van der Waals surface area contributed by atoms with E-state index in [9.17, 15) is 14.7 Å². The van der Waals surface area contributed by atoms with Crippen molar-refractivity contribution in [3.63, 3.8) is 0 Å². The van der Waals surface area contributed by atoms with Crippen LogP contribution in [0.25, 0.3) is 5.69 Å². The molecule has 9 heteroatoms. The highest BCUT2D eigenvalue weighted by atomic mass is 35.5. The van der Waals surface area contributed by atoms with Gasteiger partial charge in [0.2, 0.25) is 0 Å². The average molecular weight is 489 g/mol. The molecule has 1 atom stereocenters. The molecule has 0 fully saturated rings. The third-order valence-electron chi connectivity index (χ3n) is 5.04. The number of carbonyl (C=O) groups excluding carboxylic acids is 1. The predicted octanol–water partition coefficient (Wildman–Crippen LogP) is 6.38. The van der Waals surface area contributed by atoms with E-state index in [0.29, 0.717) is 28.6 Å². The van der Waals surface area contributed by atoms with Gasteiger partial charge in [-0.05, 0) is 36.2 Å². The molecule has 2 aromatic carbocycles. The monoisotopic (exact) mass is 488 g/mol. The summed E-state index contributed by atoms with van der Waals surface area (Å²) < 4.78 is 1.63. The standard InChI is InChI=1S/C24H26Cl2N4O3/c1-14(22(31)32)11-15-7-5-8-16(12-15)30-20(13-19(29-30)24(2,3)4)28-23(33)27-18-10-6-9-17(25)21(18)26/h5-10,12-14H,11H2,1-4H3,(H,31,32)(H2,27,28,33). The van der Waals surface area contributed by atoms with E-state index in [4.69, 9.17) is 28.3 Å².